The predicted molar refractivity (Wildman–Crippen MR) is 178 cm³/mol. The maximum atomic E-state index is 2.53. The van der Waals surface area contributed by atoms with Crippen LogP contribution in [0.15, 0.2) is 158 Å². The summed E-state index contributed by atoms with van der Waals surface area (Å²) in [5.74, 6) is 0. The summed E-state index contributed by atoms with van der Waals surface area (Å²) in [4.78, 5) is 0. The number of hydrogen-bond acceptors (Lipinski definition) is 0. The van der Waals surface area contributed by atoms with Crippen LogP contribution in [-0.2, 0) is 0 Å². The van der Waals surface area contributed by atoms with Gasteiger partial charge in [0.1, 0.15) is 0 Å². The Kier molecular flexibility index (Phi) is 4.93. The highest BCUT2D eigenvalue weighted by Gasteiger charge is 2.22. The van der Waals surface area contributed by atoms with Gasteiger partial charge in [0.25, 0.3) is 0 Å². The normalized spacial score (nSPS) is 11.8. The zero-order chi connectivity index (χ0) is 27.6. The minimum absolute atomic E-state index is 1.15. The molecule has 196 valence electrons. The molecule has 0 spiro atoms. The molecule has 0 bridgehead atoms. The third-order valence-electron chi connectivity index (χ3n) is 8.65. The second-order valence-corrected chi connectivity index (χ2v) is 11.0. The van der Waals surface area contributed by atoms with Crippen molar-refractivity contribution in [3.05, 3.63) is 158 Å². The van der Waals surface area contributed by atoms with Crippen molar-refractivity contribution >= 4 is 54.3 Å². The van der Waals surface area contributed by atoms with Gasteiger partial charge >= 0.3 is 0 Å². The monoisotopic (exact) mass is 534 g/mol. The first-order valence-electron chi connectivity index (χ1n) is 14.5. The molecule has 0 aliphatic carbocycles. The molecule has 0 radical (unpaired) electrons. The maximum absolute atomic E-state index is 2.53. The Morgan fingerprint density at radius 3 is 1.67 bits per heavy atom. The topological polar surface area (TPSA) is 9.86 Å². The van der Waals surface area contributed by atoms with Crippen molar-refractivity contribution in [3.63, 3.8) is 0 Å². The Morgan fingerprint density at radius 1 is 0.357 bits per heavy atom. The van der Waals surface area contributed by atoms with Crippen molar-refractivity contribution < 1.29 is 0 Å². The number of benzene rings is 7. The fourth-order valence-corrected chi connectivity index (χ4v) is 6.87. The lowest BCUT2D eigenvalue weighted by Crippen LogP contribution is -2.01. The number of rotatable bonds is 3. The molecule has 2 heteroatoms. The van der Waals surface area contributed by atoms with E-state index < -0.39 is 0 Å². The molecule has 0 fully saturated rings. The summed E-state index contributed by atoms with van der Waals surface area (Å²) in [5, 5.41) is 8.71. The first-order valence-corrected chi connectivity index (χ1v) is 14.5. The van der Waals surface area contributed by atoms with Crippen molar-refractivity contribution in [2.45, 2.75) is 0 Å². The minimum atomic E-state index is 1.15. The average Bonchev–Trinajstić information content (AvgIpc) is 3.61. The van der Waals surface area contributed by atoms with Crippen molar-refractivity contribution in [2.75, 3.05) is 0 Å². The molecule has 0 aliphatic rings. The largest absolute Gasteiger partial charge is 0.307 e. The lowest BCUT2D eigenvalue weighted by atomic mass is 10.0. The fourth-order valence-electron chi connectivity index (χ4n) is 6.87. The Hall–Kier alpha value is -5.60. The summed E-state index contributed by atoms with van der Waals surface area (Å²) in [7, 11) is 0. The molecule has 0 aliphatic heterocycles. The molecule has 0 saturated heterocycles. The van der Waals surface area contributed by atoms with E-state index in [1.165, 1.54) is 71.2 Å². The summed E-state index contributed by atoms with van der Waals surface area (Å²) in [5.41, 5.74) is 8.41. The molecule has 42 heavy (non-hydrogen) atoms. The van der Waals surface area contributed by atoms with E-state index in [1.54, 1.807) is 0 Å². The van der Waals surface area contributed by atoms with Crippen LogP contribution in [0.2, 0.25) is 0 Å². The fraction of sp³-hybridized carbons (Fsp3) is 0. The average molecular weight is 535 g/mol. The molecular weight excluding hydrogens is 508 g/mol. The van der Waals surface area contributed by atoms with Gasteiger partial charge in [0, 0.05) is 32.6 Å². The predicted octanol–water partition coefficient (Wildman–Crippen LogP) is 10.7. The molecule has 2 aromatic heterocycles. The van der Waals surface area contributed by atoms with Crippen molar-refractivity contribution in [2.24, 2.45) is 0 Å². The van der Waals surface area contributed by atoms with E-state index in [4.69, 9.17) is 0 Å². The van der Waals surface area contributed by atoms with E-state index in [0.29, 0.717) is 0 Å². The van der Waals surface area contributed by atoms with Crippen LogP contribution in [-0.4, -0.2) is 9.13 Å². The van der Waals surface area contributed by atoms with Crippen LogP contribution >= 0.6 is 0 Å². The van der Waals surface area contributed by atoms with Gasteiger partial charge in [-0.05, 0) is 46.7 Å². The lowest BCUT2D eigenvalue weighted by Gasteiger charge is -2.17. The number of fused-ring (bicyclic) bond motifs is 7. The summed E-state index contributed by atoms with van der Waals surface area (Å²) in [6.07, 6.45) is 0. The molecule has 7 aromatic carbocycles. The van der Waals surface area contributed by atoms with Crippen LogP contribution in [0, 0.1) is 0 Å². The Bertz CT molecular complexity index is 2390. The number of nitrogens with zero attached hydrogens (tertiary/aromatic N) is 2. The molecule has 0 unspecified atom stereocenters. The van der Waals surface area contributed by atoms with Crippen LogP contribution in [0.3, 0.4) is 0 Å². The highest BCUT2D eigenvalue weighted by Crippen LogP contribution is 2.43. The maximum Gasteiger partial charge on any atom is 0.0789 e. The second kappa shape index (κ2) is 8.95. The van der Waals surface area contributed by atoms with E-state index in [0.717, 1.165) is 5.69 Å². The Morgan fingerprint density at radius 2 is 0.952 bits per heavy atom. The Balaban J connectivity index is 1.56. The van der Waals surface area contributed by atoms with E-state index in [2.05, 4.69) is 167 Å². The SMILES string of the molecule is c1ccc(-c2cc3ccc4c5ccccc5n(-c5c6ccccc6cc6ccccc56)c4c3n2-c2ccccc2)cc1. The number of aromatic nitrogens is 2. The lowest BCUT2D eigenvalue weighted by molar-refractivity contribution is 1.13. The summed E-state index contributed by atoms with van der Waals surface area (Å²) < 4.78 is 4.99. The van der Waals surface area contributed by atoms with Gasteiger partial charge in [0.15, 0.2) is 0 Å². The van der Waals surface area contributed by atoms with Gasteiger partial charge in [-0.3, -0.25) is 0 Å². The third kappa shape index (κ3) is 3.27. The van der Waals surface area contributed by atoms with Gasteiger partial charge < -0.3 is 9.13 Å². The molecular formula is C40H26N2. The van der Waals surface area contributed by atoms with Gasteiger partial charge in [0.2, 0.25) is 0 Å². The first-order chi connectivity index (χ1) is 20.9. The van der Waals surface area contributed by atoms with Gasteiger partial charge in [-0.2, -0.15) is 0 Å². The van der Waals surface area contributed by atoms with Gasteiger partial charge in [0.05, 0.1) is 27.9 Å². The minimum Gasteiger partial charge on any atom is -0.307 e. The van der Waals surface area contributed by atoms with Crippen LogP contribution in [0.4, 0.5) is 0 Å². The van der Waals surface area contributed by atoms with Crippen LogP contribution < -0.4 is 0 Å². The summed E-state index contributed by atoms with van der Waals surface area (Å²) in [6, 6.07) is 57.2. The highest BCUT2D eigenvalue weighted by molar-refractivity contribution is 6.21. The van der Waals surface area contributed by atoms with Gasteiger partial charge in [-0.15, -0.1) is 0 Å². The molecule has 2 nitrogen and oxygen atoms in total. The summed E-state index contributed by atoms with van der Waals surface area (Å²) in [6.45, 7) is 0. The molecule has 0 N–H and O–H groups in total. The van der Waals surface area contributed by atoms with Crippen molar-refractivity contribution in [1.29, 1.82) is 0 Å². The van der Waals surface area contributed by atoms with Crippen molar-refractivity contribution in [1.82, 2.24) is 9.13 Å². The molecule has 9 aromatic rings. The smallest absolute Gasteiger partial charge is 0.0789 e. The van der Waals surface area contributed by atoms with Crippen LogP contribution in [0.5, 0.6) is 0 Å². The molecule has 9 rings (SSSR count). The third-order valence-corrected chi connectivity index (χ3v) is 8.65. The highest BCUT2D eigenvalue weighted by atomic mass is 15.0. The van der Waals surface area contributed by atoms with Gasteiger partial charge in [-0.1, -0.05) is 127 Å². The molecule has 2 heterocycles. The van der Waals surface area contributed by atoms with E-state index >= 15 is 0 Å². The van der Waals surface area contributed by atoms with Crippen LogP contribution in [0.1, 0.15) is 0 Å². The van der Waals surface area contributed by atoms with E-state index in [-0.39, 0.29) is 0 Å². The number of para-hydroxylation sites is 2. The molecule has 0 amide bonds. The standard InChI is InChI=1S/C40H26N2/c1-3-13-27(14-4-1)37-26-30-23-24-35-34-21-11-12-22-36(34)42(40(35)38(30)41(37)31-17-5-2-6-18-31)39-32-19-9-7-15-28(32)25-29-16-8-10-20-33(29)39/h1-26H. The zero-order valence-corrected chi connectivity index (χ0v) is 22.9. The second-order valence-electron chi connectivity index (χ2n) is 11.0. The molecule has 0 atom stereocenters. The summed E-state index contributed by atoms with van der Waals surface area (Å²) >= 11 is 0. The quantitative estimate of drug-likeness (QED) is 0.200. The first kappa shape index (κ1) is 23.1. The van der Waals surface area contributed by atoms with E-state index in [1.807, 2.05) is 0 Å². The molecule has 0 saturated carbocycles. The zero-order valence-electron chi connectivity index (χ0n) is 22.9. The van der Waals surface area contributed by atoms with Gasteiger partial charge in [-0.25, -0.2) is 0 Å². The number of hydrogen-bond donors (Lipinski definition) is 0. The van der Waals surface area contributed by atoms with Crippen molar-refractivity contribution in [3.8, 4) is 22.6 Å². The van der Waals surface area contributed by atoms with E-state index in [9.17, 15) is 0 Å². The Labute approximate surface area is 243 Å². The van der Waals surface area contributed by atoms with Crippen LogP contribution in [0.25, 0.3) is 76.9 Å².